The maximum atomic E-state index is 9.79. The third-order valence-corrected chi connectivity index (χ3v) is 2.73. The van der Waals surface area contributed by atoms with Crippen LogP contribution in [0.3, 0.4) is 0 Å². The lowest BCUT2D eigenvalue weighted by Gasteiger charge is -2.26. The fourth-order valence-corrected chi connectivity index (χ4v) is 1.96. The van der Waals surface area contributed by atoms with Gasteiger partial charge in [-0.2, -0.15) is 0 Å². The molecule has 1 spiro atoms. The van der Waals surface area contributed by atoms with Gasteiger partial charge < -0.3 is 29.5 Å². The smallest absolute Gasteiger partial charge is 0.224 e. The van der Waals surface area contributed by atoms with Gasteiger partial charge in [-0.05, 0) is 13.8 Å². The van der Waals surface area contributed by atoms with Crippen molar-refractivity contribution in [3.63, 3.8) is 0 Å². The minimum atomic E-state index is -1.35. The Morgan fingerprint density at radius 3 is 2.40 bits per heavy atom. The van der Waals surface area contributed by atoms with Crippen LogP contribution >= 0.6 is 0 Å². The van der Waals surface area contributed by atoms with Crippen molar-refractivity contribution in [2.24, 2.45) is 0 Å². The quantitative estimate of drug-likeness (QED) is 0.502. The van der Waals surface area contributed by atoms with E-state index in [1.165, 1.54) is 0 Å². The first-order valence-electron chi connectivity index (χ1n) is 4.89. The predicted molar refractivity (Wildman–Crippen MR) is 47.8 cm³/mol. The first-order chi connectivity index (χ1) is 6.90. The fourth-order valence-electron chi connectivity index (χ4n) is 1.96. The van der Waals surface area contributed by atoms with Crippen LogP contribution in [0.25, 0.3) is 0 Å². The zero-order valence-corrected chi connectivity index (χ0v) is 8.71. The molecule has 3 N–H and O–H groups in total. The summed E-state index contributed by atoms with van der Waals surface area (Å²) in [5, 5.41) is 28.3. The summed E-state index contributed by atoms with van der Waals surface area (Å²) in [6.07, 6.45) is -3.21. The van der Waals surface area contributed by atoms with Crippen LogP contribution < -0.4 is 0 Å². The monoisotopic (exact) mass is 220 g/mol. The van der Waals surface area contributed by atoms with Crippen LogP contribution in [0.2, 0.25) is 0 Å². The molecule has 15 heavy (non-hydrogen) atoms. The van der Waals surface area contributed by atoms with Crippen molar-refractivity contribution in [3.05, 3.63) is 0 Å². The van der Waals surface area contributed by atoms with Crippen molar-refractivity contribution in [3.8, 4) is 0 Å². The first-order valence-corrected chi connectivity index (χ1v) is 4.89. The Kier molecular flexibility index (Phi) is 2.53. The molecule has 2 aliphatic heterocycles. The van der Waals surface area contributed by atoms with Crippen LogP contribution in [0.15, 0.2) is 0 Å². The molecule has 3 unspecified atom stereocenters. The van der Waals surface area contributed by atoms with Crippen LogP contribution in [0.4, 0.5) is 0 Å². The first kappa shape index (κ1) is 11.3. The molecule has 0 aromatic heterocycles. The molecule has 2 saturated heterocycles. The number of aliphatic hydroxyl groups is 3. The highest BCUT2D eigenvalue weighted by Gasteiger charge is 2.61. The summed E-state index contributed by atoms with van der Waals surface area (Å²) in [6.45, 7) is 3.05. The molecule has 0 aromatic carbocycles. The third kappa shape index (κ3) is 1.67. The second kappa shape index (κ2) is 3.38. The molecule has 2 fully saturated rings. The topological polar surface area (TPSA) is 88.4 Å². The van der Waals surface area contributed by atoms with Crippen molar-refractivity contribution in [2.45, 2.75) is 43.7 Å². The van der Waals surface area contributed by atoms with Gasteiger partial charge in [-0.25, -0.2) is 0 Å². The van der Waals surface area contributed by atoms with E-state index in [1.54, 1.807) is 13.8 Å². The average molecular weight is 220 g/mol. The zero-order chi connectivity index (χ0) is 11.3. The molecule has 0 aromatic rings. The van der Waals surface area contributed by atoms with Crippen molar-refractivity contribution in [1.82, 2.24) is 0 Å². The largest absolute Gasteiger partial charge is 0.394 e. The Morgan fingerprint density at radius 1 is 1.33 bits per heavy atom. The minimum Gasteiger partial charge on any atom is -0.394 e. The Morgan fingerprint density at radius 2 is 2.00 bits per heavy atom. The van der Waals surface area contributed by atoms with Crippen molar-refractivity contribution in [1.29, 1.82) is 0 Å². The standard InChI is InChI=1S/C9H16O6/c1-8(2)13-4-9(15-8)7(12)6(11)5(3-10)14-9/h5-7,10-12H,3-4H2,1-2H3/t5?,6?,7?,9-/m0/s1. The van der Waals surface area contributed by atoms with Crippen molar-refractivity contribution >= 4 is 0 Å². The number of hydrogen-bond donors (Lipinski definition) is 3. The van der Waals surface area contributed by atoms with E-state index in [0.29, 0.717) is 0 Å². The molecule has 4 atom stereocenters. The molecular formula is C9H16O6. The highest BCUT2D eigenvalue weighted by molar-refractivity contribution is 4.99. The van der Waals surface area contributed by atoms with E-state index in [4.69, 9.17) is 19.3 Å². The SMILES string of the molecule is CC1(C)OC[C@]2(OC(CO)C(O)C2O)O1. The van der Waals surface area contributed by atoms with Crippen LogP contribution in [0.1, 0.15) is 13.8 Å². The molecule has 2 rings (SSSR count). The molecule has 2 heterocycles. The van der Waals surface area contributed by atoms with Gasteiger partial charge in [0.15, 0.2) is 5.79 Å². The van der Waals surface area contributed by atoms with Gasteiger partial charge in [0.05, 0.1) is 6.61 Å². The van der Waals surface area contributed by atoms with Gasteiger partial charge in [0, 0.05) is 0 Å². The van der Waals surface area contributed by atoms with Gasteiger partial charge in [0.25, 0.3) is 0 Å². The Labute approximate surface area is 87.4 Å². The lowest BCUT2D eigenvalue weighted by atomic mass is 10.1. The number of aliphatic hydroxyl groups excluding tert-OH is 3. The second-order valence-electron chi connectivity index (χ2n) is 4.38. The average Bonchev–Trinajstić information content (AvgIpc) is 2.60. The van der Waals surface area contributed by atoms with Crippen LogP contribution in [0, 0.1) is 0 Å². The van der Waals surface area contributed by atoms with E-state index in [1.807, 2.05) is 0 Å². The number of rotatable bonds is 1. The normalized spacial score (nSPS) is 49.0. The molecule has 2 aliphatic rings. The van der Waals surface area contributed by atoms with E-state index in [2.05, 4.69) is 0 Å². The molecule has 6 nitrogen and oxygen atoms in total. The van der Waals surface area contributed by atoms with Gasteiger partial charge in [-0.1, -0.05) is 0 Å². The van der Waals surface area contributed by atoms with Crippen LogP contribution in [-0.2, 0) is 14.2 Å². The van der Waals surface area contributed by atoms with E-state index in [0.717, 1.165) is 0 Å². The highest BCUT2D eigenvalue weighted by Crippen LogP contribution is 2.41. The predicted octanol–water partition coefficient (Wildman–Crippen LogP) is -1.42. The summed E-state index contributed by atoms with van der Waals surface area (Å²) in [4.78, 5) is 0. The van der Waals surface area contributed by atoms with E-state index >= 15 is 0 Å². The van der Waals surface area contributed by atoms with E-state index in [-0.39, 0.29) is 13.2 Å². The summed E-state index contributed by atoms with van der Waals surface area (Å²) in [5.74, 6) is -2.21. The third-order valence-electron chi connectivity index (χ3n) is 2.73. The minimum absolute atomic E-state index is 0.0364. The lowest BCUT2D eigenvalue weighted by Crippen LogP contribution is -2.46. The molecule has 0 amide bonds. The summed E-state index contributed by atoms with van der Waals surface area (Å²) in [7, 11) is 0. The lowest BCUT2D eigenvalue weighted by molar-refractivity contribution is -0.270. The summed E-state index contributed by atoms with van der Waals surface area (Å²) in [6, 6.07) is 0. The van der Waals surface area contributed by atoms with Crippen LogP contribution in [-0.4, -0.2) is 58.4 Å². The molecule has 88 valence electrons. The second-order valence-corrected chi connectivity index (χ2v) is 4.38. The summed E-state index contributed by atoms with van der Waals surface area (Å²) >= 11 is 0. The summed E-state index contributed by atoms with van der Waals surface area (Å²) < 4.78 is 16.1. The maximum Gasteiger partial charge on any atom is 0.224 e. The molecule has 0 aliphatic carbocycles. The number of hydrogen-bond acceptors (Lipinski definition) is 6. The van der Waals surface area contributed by atoms with Crippen molar-refractivity contribution in [2.75, 3.05) is 13.2 Å². The van der Waals surface area contributed by atoms with E-state index < -0.39 is 29.9 Å². The Hall–Kier alpha value is -0.240. The number of ether oxygens (including phenoxy) is 3. The van der Waals surface area contributed by atoms with Gasteiger partial charge in [0.2, 0.25) is 5.79 Å². The van der Waals surface area contributed by atoms with E-state index in [9.17, 15) is 10.2 Å². The molecule has 0 bridgehead atoms. The van der Waals surface area contributed by atoms with Gasteiger partial charge in [0.1, 0.15) is 24.9 Å². The summed E-state index contributed by atoms with van der Waals surface area (Å²) in [5.41, 5.74) is 0. The molecular weight excluding hydrogens is 204 g/mol. The Bertz CT molecular complexity index is 255. The Balaban J connectivity index is 2.18. The molecule has 0 saturated carbocycles. The van der Waals surface area contributed by atoms with Crippen LogP contribution in [0.5, 0.6) is 0 Å². The molecule has 6 heteroatoms. The maximum absolute atomic E-state index is 9.79. The molecule has 0 radical (unpaired) electrons. The van der Waals surface area contributed by atoms with Crippen molar-refractivity contribution < 1.29 is 29.5 Å². The zero-order valence-electron chi connectivity index (χ0n) is 8.71. The highest BCUT2D eigenvalue weighted by atomic mass is 16.8. The van der Waals surface area contributed by atoms with Gasteiger partial charge in [-0.3, -0.25) is 0 Å². The van der Waals surface area contributed by atoms with Gasteiger partial charge in [-0.15, -0.1) is 0 Å². The van der Waals surface area contributed by atoms with Gasteiger partial charge >= 0.3 is 0 Å². The fraction of sp³-hybridized carbons (Fsp3) is 1.00.